The molecule has 0 spiro atoms. The molecule has 0 atom stereocenters. The number of ether oxygens (including phenoxy) is 1. The van der Waals surface area contributed by atoms with E-state index in [9.17, 15) is 13.6 Å². The first-order valence-electron chi connectivity index (χ1n) is 6.49. The van der Waals surface area contributed by atoms with Gasteiger partial charge in [-0.25, -0.2) is 13.6 Å². The fourth-order valence-electron chi connectivity index (χ4n) is 1.97. The van der Waals surface area contributed by atoms with Crippen molar-refractivity contribution in [3.8, 4) is 0 Å². The maximum Gasteiger partial charge on any atom is 0.340 e. The van der Waals surface area contributed by atoms with Crippen LogP contribution >= 0.6 is 0 Å². The molecule has 0 radical (unpaired) electrons. The van der Waals surface area contributed by atoms with Gasteiger partial charge in [0.2, 0.25) is 0 Å². The summed E-state index contributed by atoms with van der Waals surface area (Å²) in [4.78, 5) is 11.3. The summed E-state index contributed by atoms with van der Waals surface area (Å²) in [6.45, 7) is 4.13. The zero-order chi connectivity index (χ0) is 15.3. The molecule has 1 rings (SSSR count). The maximum absolute atomic E-state index is 14.0. The third-order valence-corrected chi connectivity index (χ3v) is 3.63. The van der Waals surface area contributed by atoms with Gasteiger partial charge in [-0.15, -0.1) is 0 Å². The van der Waals surface area contributed by atoms with E-state index in [4.69, 9.17) is 5.73 Å². The molecule has 20 heavy (non-hydrogen) atoms. The molecule has 0 unspecified atom stereocenters. The summed E-state index contributed by atoms with van der Waals surface area (Å²) in [5.41, 5.74) is 4.77. The van der Waals surface area contributed by atoms with Crippen molar-refractivity contribution in [2.75, 3.05) is 19.0 Å². The van der Waals surface area contributed by atoms with Crippen LogP contribution in [0.1, 0.15) is 37.0 Å². The summed E-state index contributed by atoms with van der Waals surface area (Å²) in [6, 6.07) is 2.51. The number of esters is 1. The van der Waals surface area contributed by atoms with E-state index in [1.54, 1.807) is 0 Å². The number of benzene rings is 1. The molecule has 6 heteroatoms. The Labute approximate surface area is 117 Å². The first-order chi connectivity index (χ1) is 9.44. The highest BCUT2D eigenvalue weighted by Gasteiger charge is 2.27. The number of anilines is 1. The molecule has 0 aliphatic rings. The van der Waals surface area contributed by atoms with Crippen molar-refractivity contribution in [2.45, 2.75) is 32.2 Å². The molecule has 0 fully saturated rings. The highest BCUT2D eigenvalue weighted by molar-refractivity contribution is 5.90. The standard InChI is InChI=1S/C14H20F2N2O2/c1-4-14(5-2,8-17)18-10-7-6-9(13(19)20-3)11(15)12(10)16/h6-7,18H,4-5,8,17H2,1-3H3. The number of rotatable bonds is 6. The van der Waals surface area contributed by atoms with Gasteiger partial charge in [-0.05, 0) is 25.0 Å². The van der Waals surface area contributed by atoms with E-state index in [2.05, 4.69) is 10.1 Å². The molecular weight excluding hydrogens is 266 g/mol. The molecular formula is C14H20F2N2O2. The first kappa shape index (κ1) is 16.4. The Morgan fingerprint density at radius 1 is 1.30 bits per heavy atom. The van der Waals surface area contributed by atoms with Crippen molar-refractivity contribution >= 4 is 11.7 Å². The largest absolute Gasteiger partial charge is 0.465 e. The minimum absolute atomic E-state index is 0.00990. The molecule has 0 bridgehead atoms. The predicted octanol–water partition coefficient (Wildman–Crippen LogP) is 2.68. The van der Waals surface area contributed by atoms with Crippen LogP contribution in [0.3, 0.4) is 0 Å². The lowest BCUT2D eigenvalue weighted by Gasteiger charge is -2.32. The van der Waals surface area contributed by atoms with Gasteiger partial charge in [0, 0.05) is 12.1 Å². The number of hydrogen-bond donors (Lipinski definition) is 2. The lowest BCUT2D eigenvalue weighted by Crippen LogP contribution is -2.44. The highest BCUT2D eigenvalue weighted by atomic mass is 19.2. The molecule has 1 aromatic carbocycles. The van der Waals surface area contributed by atoms with E-state index in [1.165, 1.54) is 12.1 Å². The van der Waals surface area contributed by atoms with Crippen LogP contribution in [0.5, 0.6) is 0 Å². The van der Waals surface area contributed by atoms with Crippen LogP contribution < -0.4 is 11.1 Å². The third-order valence-electron chi connectivity index (χ3n) is 3.63. The Hall–Kier alpha value is -1.69. The summed E-state index contributed by atoms with van der Waals surface area (Å²) in [7, 11) is 1.11. The Balaban J connectivity index is 3.16. The van der Waals surface area contributed by atoms with Gasteiger partial charge in [0.25, 0.3) is 0 Å². The average molecular weight is 286 g/mol. The van der Waals surface area contributed by atoms with Gasteiger partial charge >= 0.3 is 5.97 Å². The van der Waals surface area contributed by atoms with Crippen LogP contribution in [-0.2, 0) is 4.74 Å². The third kappa shape index (κ3) is 3.07. The predicted molar refractivity (Wildman–Crippen MR) is 73.7 cm³/mol. The molecule has 3 N–H and O–H groups in total. The summed E-state index contributed by atoms with van der Waals surface area (Å²) in [6.07, 6.45) is 1.33. The Bertz CT molecular complexity index is 480. The zero-order valence-corrected chi connectivity index (χ0v) is 11.9. The van der Waals surface area contributed by atoms with E-state index >= 15 is 0 Å². The monoisotopic (exact) mass is 286 g/mol. The zero-order valence-electron chi connectivity index (χ0n) is 11.9. The van der Waals surface area contributed by atoms with E-state index in [-0.39, 0.29) is 5.69 Å². The van der Waals surface area contributed by atoms with Crippen molar-refractivity contribution in [3.63, 3.8) is 0 Å². The van der Waals surface area contributed by atoms with Crippen LogP contribution in [0.15, 0.2) is 12.1 Å². The van der Waals surface area contributed by atoms with Crippen molar-refractivity contribution in [1.82, 2.24) is 0 Å². The number of carbonyl (C=O) groups excluding carboxylic acids is 1. The van der Waals surface area contributed by atoms with Crippen LogP contribution in [0.25, 0.3) is 0 Å². The quantitative estimate of drug-likeness (QED) is 0.789. The van der Waals surface area contributed by atoms with Crippen LogP contribution in [0.2, 0.25) is 0 Å². The fourth-order valence-corrected chi connectivity index (χ4v) is 1.97. The second-order valence-electron chi connectivity index (χ2n) is 4.60. The molecule has 0 saturated carbocycles. The van der Waals surface area contributed by atoms with E-state index in [0.29, 0.717) is 19.4 Å². The van der Waals surface area contributed by atoms with Gasteiger partial charge in [-0.1, -0.05) is 13.8 Å². The van der Waals surface area contributed by atoms with Gasteiger partial charge in [-0.3, -0.25) is 0 Å². The minimum Gasteiger partial charge on any atom is -0.465 e. The molecule has 112 valence electrons. The second-order valence-corrected chi connectivity index (χ2v) is 4.60. The summed E-state index contributed by atoms with van der Waals surface area (Å²) < 4.78 is 32.2. The summed E-state index contributed by atoms with van der Waals surface area (Å²) >= 11 is 0. The molecule has 0 amide bonds. The topological polar surface area (TPSA) is 64.3 Å². The SMILES string of the molecule is CCC(CC)(CN)Nc1ccc(C(=O)OC)c(F)c1F. The Morgan fingerprint density at radius 3 is 2.35 bits per heavy atom. The molecule has 0 aromatic heterocycles. The van der Waals surface area contributed by atoms with Gasteiger partial charge in [-0.2, -0.15) is 0 Å². The molecule has 0 heterocycles. The second kappa shape index (κ2) is 6.65. The molecule has 4 nitrogen and oxygen atoms in total. The van der Waals surface area contributed by atoms with Gasteiger partial charge in [0.1, 0.15) is 0 Å². The van der Waals surface area contributed by atoms with E-state index < -0.39 is 28.7 Å². The van der Waals surface area contributed by atoms with E-state index in [1.807, 2.05) is 13.8 Å². The normalized spacial score (nSPS) is 11.3. The van der Waals surface area contributed by atoms with Crippen LogP contribution in [-0.4, -0.2) is 25.2 Å². The highest BCUT2D eigenvalue weighted by Crippen LogP contribution is 2.26. The van der Waals surface area contributed by atoms with Crippen molar-refractivity contribution in [2.24, 2.45) is 5.73 Å². The molecule has 0 aliphatic heterocycles. The lowest BCUT2D eigenvalue weighted by molar-refractivity contribution is 0.0594. The maximum atomic E-state index is 14.0. The van der Waals surface area contributed by atoms with Crippen molar-refractivity contribution in [1.29, 1.82) is 0 Å². The smallest absolute Gasteiger partial charge is 0.340 e. The van der Waals surface area contributed by atoms with Crippen LogP contribution in [0.4, 0.5) is 14.5 Å². The average Bonchev–Trinajstić information content (AvgIpc) is 2.48. The number of halogens is 2. The number of nitrogens with one attached hydrogen (secondary N) is 1. The Morgan fingerprint density at radius 2 is 1.90 bits per heavy atom. The lowest BCUT2D eigenvalue weighted by atomic mass is 9.92. The van der Waals surface area contributed by atoms with Gasteiger partial charge in [0.05, 0.1) is 18.4 Å². The van der Waals surface area contributed by atoms with Gasteiger partial charge in [0.15, 0.2) is 11.6 Å². The first-order valence-corrected chi connectivity index (χ1v) is 6.49. The number of carbonyl (C=O) groups is 1. The summed E-state index contributed by atoms with van der Waals surface area (Å²) in [5, 5.41) is 2.94. The van der Waals surface area contributed by atoms with Crippen molar-refractivity contribution in [3.05, 3.63) is 29.3 Å². The van der Waals surface area contributed by atoms with E-state index in [0.717, 1.165) is 7.11 Å². The van der Waals surface area contributed by atoms with Crippen molar-refractivity contribution < 1.29 is 18.3 Å². The fraction of sp³-hybridized carbons (Fsp3) is 0.500. The molecule has 0 saturated heterocycles. The Kier molecular flexibility index (Phi) is 5.44. The van der Waals surface area contributed by atoms with Gasteiger partial charge < -0.3 is 15.8 Å². The number of methoxy groups -OCH3 is 1. The molecule has 0 aliphatic carbocycles. The molecule has 1 aromatic rings. The minimum atomic E-state index is -1.22. The summed E-state index contributed by atoms with van der Waals surface area (Å²) in [5.74, 6) is -3.24. The van der Waals surface area contributed by atoms with Crippen LogP contribution in [0, 0.1) is 11.6 Å². The number of nitrogens with two attached hydrogens (primary N) is 1. The number of hydrogen-bond acceptors (Lipinski definition) is 4.